The second-order valence-electron chi connectivity index (χ2n) is 2.89. The molecule has 0 heterocycles. The molecule has 13 heavy (non-hydrogen) atoms. The Labute approximate surface area is 81.5 Å². The first kappa shape index (κ1) is 11.9. The van der Waals surface area contributed by atoms with Crippen molar-refractivity contribution >= 4 is 6.21 Å². The molecular formula is C11H20N2. The molecule has 1 N–H and O–H groups in total. The first-order valence-electron chi connectivity index (χ1n) is 4.75. The number of nitrogens with zero attached hydrogens (tertiary/aromatic N) is 1. The van der Waals surface area contributed by atoms with E-state index in [-0.39, 0.29) is 0 Å². The molecule has 0 unspecified atom stereocenters. The minimum absolute atomic E-state index is 1.01. The lowest BCUT2D eigenvalue weighted by Gasteiger charge is -2.09. The van der Waals surface area contributed by atoms with Crippen molar-refractivity contribution in [3.8, 4) is 0 Å². The normalized spacial score (nSPS) is 13.8. The maximum absolute atomic E-state index is 3.93. The molecule has 0 aliphatic rings. The summed E-state index contributed by atoms with van der Waals surface area (Å²) in [5, 5.41) is 3.36. The van der Waals surface area contributed by atoms with Gasteiger partial charge in [-0.2, -0.15) is 0 Å². The van der Waals surface area contributed by atoms with Crippen LogP contribution < -0.4 is 5.32 Å². The van der Waals surface area contributed by atoms with Crippen LogP contribution in [0.4, 0.5) is 0 Å². The SMILES string of the molecule is C\C=C(C)/C(=C\C=N/C)NCCC. The van der Waals surface area contributed by atoms with Crippen molar-refractivity contribution in [1.82, 2.24) is 5.32 Å². The fraction of sp³-hybridized carbons (Fsp3) is 0.545. The Bertz CT molecular complexity index is 212. The zero-order valence-corrected chi connectivity index (χ0v) is 9.09. The van der Waals surface area contributed by atoms with Crippen molar-refractivity contribution in [2.45, 2.75) is 27.2 Å². The van der Waals surface area contributed by atoms with E-state index >= 15 is 0 Å². The van der Waals surface area contributed by atoms with Crippen LogP contribution in [-0.2, 0) is 0 Å². The van der Waals surface area contributed by atoms with Crippen LogP contribution in [0.3, 0.4) is 0 Å². The topological polar surface area (TPSA) is 24.4 Å². The van der Waals surface area contributed by atoms with Crippen LogP contribution in [0.15, 0.2) is 28.4 Å². The molecule has 74 valence electrons. The molecule has 0 bridgehead atoms. The lowest BCUT2D eigenvalue weighted by molar-refractivity contribution is 0.776. The van der Waals surface area contributed by atoms with E-state index in [9.17, 15) is 0 Å². The zero-order valence-electron chi connectivity index (χ0n) is 9.09. The fourth-order valence-corrected chi connectivity index (χ4v) is 0.894. The van der Waals surface area contributed by atoms with Gasteiger partial charge >= 0.3 is 0 Å². The Morgan fingerprint density at radius 3 is 2.62 bits per heavy atom. The molecule has 2 nitrogen and oxygen atoms in total. The smallest absolute Gasteiger partial charge is 0.0381 e. The van der Waals surface area contributed by atoms with Gasteiger partial charge < -0.3 is 5.32 Å². The molecular weight excluding hydrogens is 160 g/mol. The molecule has 0 amide bonds. The van der Waals surface area contributed by atoms with Crippen LogP contribution in [0, 0.1) is 0 Å². The molecule has 0 saturated carbocycles. The molecule has 0 aromatic carbocycles. The van der Waals surface area contributed by atoms with E-state index in [4.69, 9.17) is 0 Å². The van der Waals surface area contributed by atoms with Gasteiger partial charge in [-0.25, -0.2) is 0 Å². The van der Waals surface area contributed by atoms with Crippen molar-refractivity contribution in [3.05, 3.63) is 23.4 Å². The molecule has 0 saturated heterocycles. The Balaban J connectivity index is 4.36. The Kier molecular flexibility index (Phi) is 6.98. The summed E-state index contributed by atoms with van der Waals surface area (Å²) in [6.45, 7) is 7.30. The summed E-state index contributed by atoms with van der Waals surface area (Å²) < 4.78 is 0. The summed E-state index contributed by atoms with van der Waals surface area (Å²) >= 11 is 0. The van der Waals surface area contributed by atoms with E-state index in [1.54, 1.807) is 7.05 Å². The molecule has 0 fully saturated rings. The third-order valence-electron chi connectivity index (χ3n) is 1.81. The first-order valence-corrected chi connectivity index (χ1v) is 4.75. The van der Waals surface area contributed by atoms with Crippen LogP contribution in [0.1, 0.15) is 27.2 Å². The van der Waals surface area contributed by atoms with Crippen LogP contribution in [-0.4, -0.2) is 19.8 Å². The summed E-state index contributed by atoms with van der Waals surface area (Å²) in [5.41, 5.74) is 2.42. The largest absolute Gasteiger partial charge is 0.385 e. The summed E-state index contributed by atoms with van der Waals surface area (Å²) in [4.78, 5) is 3.93. The molecule has 0 aliphatic heterocycles. The molecule has 0 aromatic heterocycles. The predicted octanol–water partition coefficient (Wildman–Crippen LogP) is 2.54. The van der Waals surface area contributed by atoms with Crippen molar-refractivity contribution in [3.63, 3.8) is 0 Å². The van der Waals surface area contributed by atoms with Gasteiger partial charge in [0.05, 0.1) is 0 Å². The fourth-order valence-electron chi connectivity index (χ4n) is 0.894. The van der Waals surface area contributed by atoms with Crippen molar-refractivity contribution in [2.75, 3.05) is 13.6 Å². The minimum atomic E-state index is 1.01. The van der Waals surface area contributed by atoms with Gasteiger partial charge in [0.25, 0.3) is 0 Å². The summed E-state index contributed by atoms with van der Waals surface area (Å²) in [7, 11) is 1.78. The van der Waals surface area contributed by atoms with Crippen molar-refractivity contribution < 1.29 is 0 Å². The maximum atomic E-state index is 3.93. The van der Waals surface area contributed by atoms with Gasteiger partial charge in [0.15, 0.2) is 0 Å². The van der Waals surface area contributed by atoms with Gasteiger partial charge in [0, 0.05) is 25.5 Å². The van der Waals surface area contributed by atoms with Gasteiger partial charge in [-0.1, -0.05) is 13.0 Å². The van der Waals surface area contributed by atoms with E-state index in [2.05, 4.69) is 30.2 Å². The highest BCUT2D eigenvalue weighted by Gasteiger charge is 1.95. The number of hydrogen-bond acceptors (Lipinski definition) is 2. The molecule has 0 aromatic rings. The van der Waals surface area contributed by atoms with Crippen LogP contribution >= 0.6 is 0 Å². The van der Waals surface area contributed by atoms with Crippen LogP contribution in [0.2, 0.25) is 0 Å². The maximum Gasteiger partial charge on any atom is 0.0381 e. The molecule has 0 rings (SSSR count). The minimum Gasteiger partial charge on any atom is -0.385 e. The van der Waals surface area contributed by atoms with E-state index < -0.39 is 0 Å². The average Bonchev–Trinajstić information content (AvgIpc) is 2.17. The Hall–Kier alpha value is -1.05. The summed E-state index contributed by atoms with van der Waals surface area (Å²) in [6.07, 6.45) is 7.05. The van der Waals surface area contributed by atoms with E-state index in [0.717, 1.165) is 18.7 Å². The number of aliphatic imine (C=N–C) groups is 1. The highest BCUT2D eigenvalue weighted by Crippen LogP contribution is 2.04. The van der Waals surface area contributed by atoms with E-state index in [1.807, 2.05) is 19.2 Å². The standard InChI is InChI=1S/C11H20N2/c1-5-8-13-11(7-9-12-4)10(3)6-2/h6-7,9,13H,5,8H2,1-4H3/b10-6-,11-7+,12-9-. The molecule has 0 atom stereocenters. The molecule has 0 radical (unpaired) electrons. The second kappa shape index (κ2) is 7.59. The third kappa shape index (κ3) is 5.23. The van der Waals surface area contributed by atoms with Gasteiger partial charge in [0.2, 0.25) is 0 Å². The van der Waals surface area contributed by atoms with Gasteiger partial charge in [-0.05, 0) is 31.9 Å². The highest BCUT2D eigenvalue weighted by atomic mass is 14.9. The lowest BCUT2D eigenvalue weighted by atomic mass is 10.2. The van der Waals surface area contributed by atoms with Gasteiger partial charge in [-0.15, -0.1) is 0 Å². The number of nitrogens with one attached hydrogen (secondary N) is 1. The van der Waals surface area contributed by atoms with E-state index in [0.29, 0.717) is 0 Å². The first-order chi connectivity index (χ1) is 6.26. The zero-order chi connectivity index (χ0) is 10.1. The average molecular weight is 180 g/mol. The monoisotopic (exact) mass is 180 g/mol. The molecule has 0 spiro atoms. The Morgan fingerprint density at radius 1 is 1.46 bits per heavy atom. The molecule has 0 aliphatic carbocycles. The number of allylic oxidation sites excluding steroid dienone is 3. The quantitative estimate of drug-likeness (QED) is 0.510. The second-order valence-corrected chi connectivity index (χ2v) is 2.89. The van der Waals surface area contributed by atoms with Gasteiger partial charge in [-0.3, -0.25) is 4.99 Å². The molecule has 2 heteroatoms. The number of hydrogen-bond donors (Lipinski definition) is 1. The summed E-state index contributed by atoms with van der Waals surface area (Å²) in [6, 6.07) is 0. The van der Waals surface area contributed by atoms with Crippen molar-refractivity contribution in [1.29, 1.82) is 0 Å². The predicted molar refractivity (Wildman–Crippen MR) is 60.2 cm³/mol. The summed E-state index contributed by atoms with van der Waals surface area (Å²) in [5.74, 6) is 0. The van der Waals surface area contributed by atoms with E-state index in [1.165, 1.54) is 5.57 Å². The van der Waals surface area contributed by atoms with Crippen LogP contribution in [0.25, 0.3) is 0 Å². The third-order valence-corrected chi connectivity index (χ3v) is 1.81. The van der Waals surface area contributed by atoms with Crippen molar-refractivity contribution in [2.24, 2.45) is 4.99 Å². The Morgan fingerprint density at radius 2 is 2.15 bits per heavy atom. The van der Waals surface area contributed by atoms with Gasteiger partial charge in [0.1, 0.15) is 0 Å². The number of rotatable bonds is 5. The van der Waals surface area contributed by atoms with Crippen LogP contribution in [0.5, 0.6) is 0 Å². The highest BCUT2D eigenvalue weighted by molar-refractivity contribution is 5.73. The lowest BCUT2D eigenvalue weighted by Crippen LogP contribution is -2.15.